The molecule has 1 unspecified atom stereocenters. The van der Waals surface area contributed by atoms with Crippen LogP contribution in [0.15, 0.2) is 78.2 Å². The fraction of sp³-hybridized carbons (Fsp3) is 0.370. The lowest BCUT2D eigenvalue weighted by Gasteiger charge is -2.39. The van der Waals surface area contributed by atoms with Gasteiger partial charge < -0.3 is 41.2 Å². The van der Waals surface area contributed by atoms with Gasteiger partial charge in [-0.3, -0.25) is 14.4 Å². The number of aromatic nitrogens is 2. The fourth-order valence-electron chi connectivity index (χ4n) is 10.8. The van der Waals surface area contributed by atoms with Crippen LogP contribution in [0, 0.1) is 36.5 Å². The number of pyridine rings is 1. The molecule has 3 aliphatic rings. The maximum Gasteiger partial charge on any atom is 0.296 e. The summed E-state index contributed by atoms with van der Waals surface area (Å²) in [6.45, 7) is 9.03. The van der Waals surface area contributed by atoms with Crippen molar-refractivity contribution in [3.8, 4) is 22.3 Å². The normalized spacial score (nSPS) is 18.7. The van der Waals surface area contributed by atoms with Gasteiger partial charge in [-0.25, -0.2) is 4.98 Å². The number of piperidine rings is 1. The summed E-state index contributed by atoms with van der Waals surface area (Å²) in [6, 6.07) is 26.1. The average molecular weight is 947 g/mol. The molecule has 12 nitrogen and oxygen atoms in total. The van der Waals surface area contributed by atoms with E-state index < -0.39 is 0 Å². The number of nitrogens with zero attached hydrogens (tertiary/aromatic N) is 3. The lowest BCUT2D eigenvalue weighted by atomic mass is 9.83. The number of nitrogens with two attached hydrogens (primary N) is 1. The average Bonchev–Trinajstić information content (AvgIpc) is 4.10. The van der Waals surface area contributed by atoms with Gasteiger partial charge in [-0.05, 0) is 136 Å². The van der Waals surface area contributed by atoms with Crippen LogP contribution in [0.5, 0.6) is 0 Å². The Bertz CT molecular complexity index is 3110. The lowest BCUT2D eigenvalue weighted by Crippen LogP contribution is -2.48. The molecule has 6 N–H and O–H groups in total. The Labute approximate surface area is 405 Å². The molecule has 1 saturated heterocycles. The predicted molar refractivity (Wildman–Crippen MR) is 275 cm³/mol. The van der Waals surface area contributed by atoms with Crippen molar-refractivity contribution in [2.75, 3.05) is 57.1 Å². The predicted octanol–water partition coefficient (Wildman–Crippen LogP) is 7.81. The van der Waals surface area contributed by atoms with Crippen molar-refractivity contribution in [1.29, 1.82) is 0 Å². The van der Waals surface area contributed by atoms with Crippen LogP contribution in [0.25, 0.3) is 42.5 Å². The zero-order valence-electron chi connectivity index (χ0n) is 38.9. The standard InChI is InChI=1S/C54H58N8O4S2/c1-4-62-45-17-6-33(28-56-3)23-44(45)42-16-12-37(27-46(42)62)47-24-34(31-67-47)7-18-48(63)57-19-21-66-22-20-58-52(64)49-38-8-9-39(49)30-61(29-38)41-14-11-35-25-40(13-10-36(35)26-41)60-53(65)51-50(55)43-15-5-32(2)59-54(43)68-51/h5-6,11-12,14-17,23-24,26-27,31,38-40,49,56H,4,8-10,13,19-22,25,28-30,55H2,1-3H3,(H,57,63)(H,58,64)(H,60,65)/t38-,39+,40-,49?/m0/s1. The molecule has 2 aliphatic carbocycles. The highest BCUT2D eigenvalue weighted by molar-refractivity contribution is 7.21. The van der Waals surface area contributed by atoms with Crippen LogP contribution in [0.4, 0.5) is 11.4 Å². The van der Waals surface area contributed by atoms with Gasteiger partial charge in [-0.15, -0.1) is 22.7 Å². The van der Waals surface area contributed by atoms with E-state index in [0.29, 0.717) is 48.7 Å². The molecule has 14 heteroatoms. The van der Waals surface area contributed by atoms with Crippen LogP contribution in [0.2, 0.25) is 0 Å². The molecule has 2 fully saturated rings. The van der Waals surface area contributed by atoms with Crippen LogP contribution in [-0.2, 0) is 40.3 Å². The first-order chi connectivity index (χ1) is 33.1. The number of benzene rings is 3. The van der Waals surface area contributed by atoms with E-state index in [1.165, 1.54) is 55.5 Å². The van der Waals surface area contributed by atoms with Crippen LogP contribution >= 0.6 is 22.7 Å². The quantitative estimate of drug-likeness (QED) is 0.0547. The monoisotopic (exact) mass is 946 g/mol. The van der Waals surface area contributed by atoms with Crippen molar-refractivity contribution in [2.24, 2.45) is 17.8 Å². The number of amides is 3. The Kier molecular flexibility index (Phi) is 13.2. The van der Waals surface area contributed by atoms with Gasteiger partial charge in [0.05, 0.1) is 18.9 Å². The van der Waals surface area contributed by atoms with Crippen molar-refractivity contribution in [2.45, 2.75) is 65.1 Å². The molecule has 68 heavy (non-hydrogen) atoms. The smallest absolute Gasteiger partial charge is 0.296 e. The molecule has 7 aromatic rings. The van der Waals surface area contributed by atoms with Crippen molar-refractivity contribution in [3.05, 3.63) is 111 Å². The molecule has 0 spiro atoms. The number of carbonyl (C=O) groups excluding carboxylic acids is 3. The Morgan fingerprint density at radius 1 is 0.882 bits per heavy atom. The number of carbonyl (C=O) groups is 3. The van der Waals surface area contributed by atoms with E-state index in [0.717, 1.165) is 90.2 Å². The summed E-state index contributed by atoms with van der Waals surface area (Å²) in [5.74, 6) is 6.01. The van der Waals surface area contributed by atoms with E-state index in [9.17, 15) is 14.4 Å². The highest BCUT2D eigenvalue weighted by Crippen LogP contribution is 2.44. The summed E-state index contributed by atoms with van der Waals surface area (Å²) in [4.78, 5) is 48.8. The summed E-state index contributed by atoms with van der Waals surface area (Å²) in [7, 11) is 1.97. The van der Waals surface area contributed by atoms with Gasteiger partial charge in [-0.1, -0.05) is 30.2 Å². The van der Waals surface area contributed by atoms with E-state index in [4.69, 9.17) is 10.5 Å². The van der Waals surface area contributed by atoms with E-state index in [-0.39, 0.29) is 29.7 Å². The molecule has 2 bridgehead atoms. The first-order valence-corrected chi connectivity index (χ1v) is 25.6. The fourth-order valence-corrected chi connectivity index (χ4v) is 12.7. The third kappa shape index (κ3) is 9.32. The largest absolute Gasteiger partial charge is 0.397 e. The van der Waals surface area contributed by atoms with Crippen molar-refractivity contribution in [1.82, 2.24) is 30.8 Å². The molecule has 0 radical (unpaired) electrons. The molecular formula is C54H58N8O4S2. The van der Waals surface area contributed by atoms with Gasteiger partial charge in [0, 0.05) is 112 Å². The molecule has 1 saturated carbocycles. The Morgan fingerprint density at radius 2 is 1.69 bits per heavy atom. The first-order valence-electron chi connectivity index (χ1n) is 23.9. The summed E-state index contributed by atoms with van der Waals surface area (Å²) in [5.41, 5.74) is 17.3. The molecule has 3 aromatic carbocycles. The Hall–Kier alpha value is -6.24. The minimum atomic E-state index is -0.351. The summed E-state index contributed by atoms with van der Waals surface area (Å²) >= 11 is 2.98. The number of rotatable bonds is 14. The number of anilines is 2. The molecule has 4 atom stereocenters. The topological polar surface area (TPSA) is 156 Å². The highest BCUT2D eigenvalue weighted by Gasteiger charge is 2.46. The van der Waals surface area contributed by atoms with Crippen molar-refractivity contribution >= 4 is 83.8 Å². The molecule has 5 heterocycles. The number of thiophene rings is 2. The van der Waals surface area contributed by atoms with Crippen molar-refractivity contribution in [3.63, 3.8) is 0 Å². The first kappa shape index (κ1) is 45.5. The number of hydrogen-bond donors (Lipinski definition) is 5. The SMILES string of the molecule is CCn1c2ccc(CNC)cc2c2ccc(-c3cc(C#CC(=O)NCCOCCNC(=O)C4[C@@H]5CC[C@H]4CN(c4ccc6c(c4)CC[C@H](NC(=O)c4sc7nc(C)ccc7c4N)C6)C5)cs3)cc21. The number of hydrogen-bond acceptors (Lipinski definition) is 10. The minimum absolute atomic E-state index is 0.00921. The second-order valence-electron chi connectivity index (χ2n) is 18.5. The third-order valence-corrected chi connectivity index (χ3v) is 16.2. The lowest BCUT2D eigenvalue weighted by molar-refractivity contribution is -0.128. The molecule has 3 amide bonds. The van der Waals surface area contributed by atoms with Gasteiger partial charge in [0.1, 0.15) is 9.71 Å². The van der Waals surface area contributed by atoms with Crippen LogP contribution in [0.1, 0.15) is 63.8 Å². The summed E-state index contributed by atoms with van der Waals surface area (Å²) < 4.78 is 8.13. The van der Waals surface area contributed by atoms with E-state index in [1.807, 2.05) is 37.6 Å². The number of fused-ring (bicyclic) bond motifs is 7. The van der Waals surface area contributed by atoms with Gasteiger partial charge in [0.2, 0.25) is 5.91 Å². The molecule has 10 rings (SSSR count). The molecule has 1 aliphatic heterocycles. The zero-order valence-corrected chi connectivity index (χ0v) is 40.5. The second kappa shape index (κ2) is 19.8. The summed E-state index contributed by atoms with van der Waals surface area (Å²) in [5, 5.41) is 17.8. The Morgan fingerprint density at radius 3 is 2.50 bits per heavy atom. The van der Waals surface area contributed by atoms with Gasteiger partial charge in [0.15, 0.2) is 0 Å². The number of aryl methyl sites for hydroxylation is 3. The summed E-state index contributed by atoms with van der Waals surface area (Å²) in [6.07, 6.45) is 4.66. The van der Waals surface area contributed by atoms with E-state index >= 15 is 0 Å². The van der Waals surface area contributed by atoms with Gasteiger partial charge in [0.25, 0.3) is 11.8 Å². The van der Waals surface area contributed by atoms with Crippen LogP contribution in [-0.4, -0.2) is 79.8 Å². The third-order valence-electron chi connectivity index (χ3n) is 14.1. The van der Waals surface area contributed by atoms with Crippen LogP contribution in [0.3, 0.4) is 0 Å². The highest BCUT2D eigenvalue weighted by atomic mass is 32.1. The minimum Gasteiger partial charge on any atom is -0.397 e. The molecule has 350 valence electrons. The van der Waals surface area contributed by atoms with Crippen LogP contribution < -0.4 is 31.9 Å². The number of ether oxygens (including phenoxy) is 1. The van der Waals surface area contributed by atoms with Gasteiger partial charge >= 0.3 is 0 Å². The maximum absolute atomic E-state index is 13.5. The van der Waals surface area contributed by atoms with Crippen molar-refractivity contribution < 1.29 is 19.1 Å². The zero-order chi connectivity index (χ0) is 46.9. The maximum atomic E-state index is 13.5. The van der Waals surface area contributed by atoms with Gasteiger partial charge in [-0.2, -0.15) is 0 Å². The Balaban J connectivity index is 0.641. The number of nitrogen functional groups attached to an aromatic ring is 1. The number of nitrogens with one attached hydrogen (secondary N) is 4. The molecular weight excluding hydrogens is 889 g/mol. The van der Waals surface area contributed by atoms with E-state index in [2.05, 4.69) is 109 Å². The molecule has 4 aromatic heterocycles. The van der Waals surface area contributed by atoms with E-state index in [1.54, 1.807) is 11.3 Å². The second-order valence-corrected chi connectivity index (χ2v) is 20.4.